The predicted octanol–water partition coefficient (Wildman–Crippen LogP) is 3.28. The molecule has 2 aromatic rings. The maximum absolute atomic E-state index is 6.23. The molecule has 1 N–H and O–H groups in total. The molecule has 3 heteroatoms. The van der Waals surface area contributed by atoms with Crippen molar-refractivity contribution in [1.29, 1.82) is 0 Å². The fraction of sp³-hybridized carbons (Fsp3) is 0.353. The molecule has 0 saturated carbocycles. The van der Waals surface area contributed by atoms with E-state index in [1.807, 2.05) is 19.3 Å². The van der Waals surface area contributed by atoms with Gasteiger partial charge in [-0.3, -0.25) is 4.98 Å². The smallest absolute Gasteiger partial charge is 0.0621 e. The Hall–Kier alpha value is -1.38. The summed E-state index contributed by atoms with van der Waals surface area (Å²) < 4.78 is 0. The molecule has 0 amide bonds. The molecule has 1 aliphatic rings. The molecule has 1 aromatic heterocycles. The van der Waals surface area contributed by atoms with Crippen LogP contribution in [0.5, 0.6) is 0 Å². The predicted molar refractivity (Wildman–Crippen MR) is 83.1 cm³/mol. The van der Waals surface area contributed by atoms with Crippen molar-refractivity contribution in [1.82, 2.24) is 10.3 Å². The molecule has 104 valence electrons. The zero-order valence-corrected chi connectivity index (χ0v) is 12.4. The highest BCUT2D eigenvalue weighted by molar-refractivity contribution is 6.31. The summed E-state index contributed by atoms with van der Waals surface area (Å²) in [4.78, 5) is 4.06. The minimum atomic E-state index is 0.447. The average Bonchev–Trinajstić information content (AvgIpc) is 2.90. The molecule has 3 rings (SSSR count). The molecular weight excluding hydrogens is 268 g/mol. The Balaban J connectivity index is 1.74. The van der Waals surface area contributed by atoms with E-state index in [4.69, 9.17) is 11.6 Å². The van der Waals surface area contributed by atoms with Gasteiger partial charge in [-0.05, 0) is 55.0 Å². The van der Waals surface area contributed by atoms with Crippen LogP contribution in [0.2, 0.25) is 5.02 Å². The SMILES string of the molecule is CNC(Cc1ccncc1Cl)C1Cc2ccccc2C1. The van der Waals surface area contributed by atoms with Crippen molar-refractivity contribution in [2.45, 2.75) is 25.3 Å². The Labute approximate surface area is 125 Å². The zero-order chi connectivity index (χ0) is 13.9. The number of aromatic nitrogens is 1. The van der Waals surface area contributed by atoms with Gasteiger partial charge in [0, 0.05) is 18.4 Å². The van der Waals surface area contributed by atoms with Crippen LogP contribution in [0.15, 0.2) is 42.7 Å². The third-order valence-electron chi connectivity index (χ3n) is 4.32. The molecule has 2 nitrogen and oxygen atoms in total. The lowest BCUT2D eigenvalue weighted by Crippen LogP contribution is -2.36. The van der Waals surface area contributed by atoms with Crippen molar-refractivity contribution in [3.05, 3.63) is 64.4 Å². The third kappa shape index (κ3) is 2.72. The van der Waals surface area contributed by atoms with Gasteiger partial charge < -0.3 is 5.32 Å². The molecule has 0 bridgehead atoms. The summed E-state index contributed by atoms with van der Waals surface area (Å²) in [5, 5.41) is 4.24. The summed E-state index contributed by atoms with van der Waals surface area (Å²) in [5.74, 6) is 0.640. The van der Waals surface area contributed by atoms with Crippen molar-refractivity contribution in [2.75, 3.05) is 7.05 Å². The van der Waals surface area contributed by atoms with E-state index in [0.29, 0.717) is 12.0 Å². The van der Waals surface area contributed by atoms with Crippen LogP contribution < -0.4 is 5.32 Å². The van der Waals surface area contributed by atoms with Crippen LogP contribution in [0.1, 0.15) is 16.7 Å². The molecular formula is C17H19ClN2. The van der Waals surface area contributed by atoms with Crippen LogP contribution in [-0.2, 0) is 19.3 Å². The first kappa shape index (κ1) is 13.6. The van der Waals surface area contributed by atoms with E-state index in [0.717, 1.165) is 24.3 Å². The van der Waals surface area contributed by atoms with Gasteiger partial charge in [0.2, 0.25) is 0 Å². The van der Waals surface area contributed by atoms with Crippen LogP contribution in [0.25, 0.3) is 0 Å². The fourth-order valence-electron chi connectivity index (χ4n) is 3.19. The van der Waals surface area contributed by atoms with Crippen LogP contribution in [0.3, 0.4) is 0 Å². The number of nitrogens with zero attached hydrogens (tertiary/aromatic N) is 1. The van der Waals surface area contributed by atoms with Crippen molar-refractivity contribution in [2.24, 2.45) is 5.92 Å². The number of fused-ring (bicyclic) bond motifs is 1. The highest BCUT2D eigenvalue weighted by Gasteiger charge is 2.27. The maximum Gasteiger partial charge on any atom is 0.0621 e. The number of rotatable bonds is 4. The summed E-state index contributed by atoms with van der Waals surface area (Å²) in [7, 11) is 2.04. The van der Waals surface area contributed by atoms with Crippen LogP contribution in [0, 0.1) is 5.92 Å². The van der Waals surface area contributed by atoms with Crippen LogP contribution >= 0.6 is 11.6 Å². The van der Waals surface area contributed by atoms with E-state index in [2.05, 4.69) is 34.6 Å². The number of pyridine rings is 1. The molecule has 1 unspecified atom stereocenters. The quantitative estimate of drug-likeness (QED) is 0.933. The molecule has 1 aromatic carbocycles. The highest BCUT2D eigenvalue weighted by Crippen LogP contribution is 2.30. The Morgan fingerprint density at radius 3 is 2.55 bits per heavy atom. The van der Waals surface area contributed by atoms with Gasteiger partial charge in [-0.15, -0.1) is 0 Å². The van der Waals surface area contributed by atoms with Gasteiger partial charge in [0.15, 0.2) is 0 Å². The fourth-order valence-corrected chi connectivity index (χ4v) is 3.38. The lowest BCUT2D eigenvalue weighted by Gasteiger charge is -2.23. The van der Waals surface area contributed by atoms with E-state index in [-0.39, 0.29) is 0 Å². The molecule has 0 spiro atoms. The van der Waals surface area contributed by atoms with Crippen molar-refractivity contribution in [3.8, 4) is 0 Å². The van der Waals surface area contributed by atoms with Gasteiger partial charge in [-0.2, -0.15) is 0 Å². The van der Waals surface area contributed by atoms with E-state index in [1.54, 1.807) is 6.20 Å². The van der Waals surface area contributed by atoms with Gasteiger partial charge in [-0.25, -0.2) is 0 Å². The Kier molecular flexibility index (Phi) is 4.04. The topological polar surface area (TPSA) is 24.9 Å². The summed E-state index contributed by atoms with van der Waals surface area (Å²) in [6.07, 6.45) is 6.82. The van der Waals surface area contributed by atoms with Crippen molar-refractivity contribution < 1.29 is 0 Å². The standard InChI is InChI=1S/C17H19ClN2/c1-19-17(10-14-6-7-20-11-16(14)18)15-8-12-4-2-3-5-13(12)9-15/h2-7,11,15,17,19H,8-10H2,1H3. The number of nitrogens with one attached hydrogen (secondary N) is 1. The van der Waals surface area contributed by atoms with Gasteiger partial charge in [0.1, 0.15) is 0 Å². The summed E-state index contributed by atoms with van der Waals surface area (Å²) in [5.41, 5.74) is 4.18. The number of hydrogen-bond acceptors (Lipinski definition) is 2. The Morgan fingerprint density at radius 2 is 1.95 bits per heavy atom. The van der Waals surface area contributed by atoms with E-state index >= 15 is 0 Å². The second-order valence-corrected chi connectivity index (χ2v) is 5.91. The molecule has 20 heavy (non-hydrogen) atoms. The first-order valence-corrected chi connectivity index (χ1v) is 7.48. The molecule has 1 atom stereocenters. The molecule has 0 fully saturated rings. The number of halogens is 1. The second kappa shape index (κ2) is 5.94. The number of benzene rings is 1. The first-order valence-electron chi connectivity index (χ1n) is 7.10. The number of likely N-dealkylation sites (N-methyl/N-ethyl adjacent to an activating group) is 1. The minimum absolute atomic E-state index is 0.447. The molecule has 1 aliphatic carbocycles. The second-order valence-electron chi connectivity index (χ2n) is 5.50. The third-order valence-corrected chi connectivity index (χ3v) is 4.66. The molecule has 0 radical (unpaired) electrons. The summed E-state index contributed by atoms with van der Waals surface area (Å²) in [6, 6.07) is 11.2. The monoisotopic (exact) mass is 286 g/mol. The maximum atomic E-state index is 6.23. The van der Waals surface area contributed by atoms with E-state index in [1.165, 1.54) is 16.7 Å². The van der Waals surface area contributed by atoms with Gasteiger partial charge >= 0.3 is 0 Å². The molecule has 1 heterocycles. The Morgan fingerprint density at radius 1 is 1.25 bits per heavy atom. The van der Waals surface area contributed by atoms with Crippen LogP contribution in [-0.4, -0.2) is 18.1 Å². The minimum Gasteiger partial charge on any atom is -0.316 e. The summed E-state index contributed by atoms with van der Waals surface area (Å²) >= 11 is 6.23. The average molecular weight is 287 g/mol. The Bertz CT molecular complexity index is 572. The van der Waals surface area contributed by atoms with Crippen molar-refractivity contribution >= 4 is 11.6 Å². The number of hydrogen-bond donors (Lipinski definition) is 1. The first-order chi connectivity index (χ1) is 9.78. The summed E-state index contributed by atoms with van der Waals surface area (Å²) in [6.45, 7) is 0. The van der Waals surface area contributed by atoms with E-state index in [9.17, 15) is 0 Å². The van der Waals surface area contributed by atoms with E-state index < -0.39 is 0 Å². The van der Waals surface area contributed by atoms with Gasteiger partial charge in [0.25, 0.3) is 0 Å². The normalized spacial score (nSPS) is 16.1. The van der Waals surface area contributed by atoms with Gasteiger partial charge in [0.05, 0.1) is 5.02 Å². The zero-order valence-electron chi connectivity index (χ0n) is 11.6. The largest absolute Gasteiger partial charge is 0.316 e. The van der Waals surface area contributed by atoms with Crippen molar-refractivity contribution in [3.63, 3.8) is 0 Å². The highest BCUT2D eigenvalue weighted by atomic mass is 35.5. The molecule has 0 aliphatic heterocycles. The van der Waals surface area contributed by atoms with Crippen LogP contribution in [0.4, 0.5) is 0 Å². The molecule has 0 saturated heterocycles. The van der Waals surface area contributed by atoms with Gasteiger partial charge in [-0.1, -0.05) is 35.9 Å². The lowest BCUT2D eigenvalue weighted by atomic mass is 9.91. The lowest BCUT2D eigenvalue weighted by molar-refractivity contribution is 0.383.